The van der Waals surface area contributed by atoms with Gasteiger partial charge in [0, 0.05) is 0 Å². The van der Waals surface area contributed by atoms with Crippen LogP contribution in [0.4, 0.5) is 0 Å². The Morgan fingerprint density at radius 2 is 0.970 bits per heavy atom. The van der Waals surface area contributed by atoms with Crippen LogP contribution >= 0.6 is 0 Å². The van der Waals surface area contributed by atoms with Gasteiger partial charge in [0.1, 0.15) is 0 Å². The van der Waals surface area contributed by atoms with Crippen LogP contribution in [0.1, 0.15) is 75.3 Å². The molecule has 0 bridgehead atoms. The van der Waals surface area contributed by atoms with Crippen LogP contribution in [0.3, 0.4) is 0 Å². The minimum Gasteiger partial charge on any atom is -0.294 e. The van der Waals surface area contributed by atoms with Crippen LogP contribution in [-0.2, 0) is 15.0 Å². The molecule has 2 saturated carbocycles. The van der Waals surface area contributed by atoms with Crippen molar-refractivity contribution in [3.8, 4) is 11.1 Å². The molecule has 0 radical (unpaired) electrons. The van der Waals surface area contributed by atoms with Crippen molar-refractivity contribution in [2.45, 2.75) is 69.6 Å². The van der Waals surface area contributed by atoms with Crippen LogP contribution in [0.5, 0.6) is 0 Å². The largest absolute Gasteiger partial charge is 0.294 e. The summed E-state index contributed by atoms with van der Waals surface area (Å²) in [5.41, 5.74) is 6.93. The summed E-state index contributed by atoms with van der Waals surface area (Å²) in [6.45, 7) is 0. The Balaban J connectivity index is 1.97. The molecule has 3 aliphatic rings. The molecular formula is C27H34N4O2. The zero-order valence-corrected chi connectivity index (χ0v) is 19.2. The lowest BCUT2D eigenvalue weighted by atomic mass is 9.41. The van der Waals surface area contributed by atoms with E-state index in [1.54, 1.807) is 0 Å². The van der Waals surface area contributed by atoms with Crippen LogP contribution in [0, 0.1) is 10.8 Å². The number of fused-ring (bicyclic) bond motifs is 3. The summed E-state index contributed by atoms with van der Waals surface area (Å²) in [7, 11) is 0. The highest BCUT2D eigenvalue weighted by atomic mass is 16.2. The monoisotopic (exact) mass is 446 g/mol. The van der Waals surface area contributed by atoms with Crippen LogP contribution in [0.2, 0.25) is 0 Å². The van der Waals surface area contributed by atoms with Crippen molar-refractivity contribution in [2.75, 3.05) is 0 Å². The maximum Gasteiger partial charge on any atom is 0.241 e. The predicted molar refractivity (Wildman–Crippen MR) is 128 cm³/mol. The molecule has 0 aliphatic heterocycles. The van der Waals surface area contributed by atoms with Crippen molar-refractivity contribution in [2.24, 2.45) is 22.5 Å². The summed E-state index contributed by atoms with van der Waals surface area (Å²) in [6.07, 6.45) is 8.65. The fourth-order valence-electron chi connectivity index (χ4n) is 7.86. The third kappa shape index (κ3) is 2.74. The topological polar surface area (TPSA) is 110 Å². The first kappa shape index (κ1) is 22.1. The Morgan fingerprint density at radius 1 is 0.606 bits per heavy atom. The maximum absolute atomic E-state index is 14.0. The van der Waals surface area contributed by atoms with E-state index in [2.05, 4.69) is 35.1 Å². The number of carbonyl (C=O) groups is 2. The highest BCUT2D eigenvalue weighted by Gasteiger charge is 2.71. The molecule has 0 atom stereocenters. The number of rotatable bonds is 4. The van der Waals surface area contributed by atoms with Gasteiger partial charge in [0.15, 0.2) is 0 Å². The summed E-state index contributed by atoms with van der Waals surface area (Å²) < 4.78 is 0. The van der Waals surface area contributed by atoms with Crippen molar-refractivity contribution in [1.29, 1.82) is 0 Å². The molecule has 2 amide bonds. The van der Waals surface area contributed by atoms with Crippen LogP contribution in [-0.4, -0.2) is 11.8 Å². The average Bonchev–Trinajstić information content (AvgIpc) is 3.20. The second kappa shape index (κ2) is 8.26. The Morgan fingerprint density at radius 3 is 1.33 bits per heavy atom. The van der Waals surface area contributed by atoms with Crippen molar-refractivity contribution < 1.29 is 9.59 Å². The normalized spacial score (nSPS) is 22.0. The van der Waals surface area contributed by atoms with Crippen molar-refractivity contribution >= 4 is 11.8 Å². The standard InChI is InChI=1S/C27H34N4O2/c28-30-23(32)25(15-7-1-8-16-25)27(26(24(33)31-29)17-9-2-10-18-26)21-13-5-3-11-19(21)20-12-4-6-14-22(20)27/h3-6,11-14H,1-2,7-10,15-18,28-29H2,(H,30,32)(H,31,33). The van der Waals surface area contributed by atoms with Gasteiger partial charge in [-0.3, -0.25) is 20.4 Å². The van der Waals surface area contributed by atoms with Crippen molar-refractivity contribution in [1.82, 2.24) is 10.9 Å². The van der Waals surface area contributed by atoms with Gasteiger partial charge in [0.2, 0.25) is 11.8 Å². The van der Waals surface area contributed by atoms with Gasteiger partial charge in [0.25, 0.3) is 0 Å². The first-order chi connectivity index (χ1) is 16.1. The summed E-state index contributed by atoms with van der Waals surface area (Å²) in [5, 5.41) is 0. The molecule has 174 valence electrons. The SMILES string of the molecule is NNC(=O)C1(C2(C3(C(=O)NN)CCCCC3)c3ccccc3-c3ccccc32)CCCCC1. The van der Waals surface area contributed by atoms with Gasteiger partial charge >= 0.3 is 0 Å². The molecule has 0 heterocycles. The third-order valence-electron chi connectivity index (χ3n) is 8.93. The number of hydrogen-bond donors (Lipinski definition) is 4. The fourth-order valence-corrected chi connectivity index (χ4v) is 7.86. The maximum atomic E-state index is 14.0. The zero-order chi connectivity index (χ0) is 23.1. The van der Waals surface area contributed by atoms with E-state index in [0.717, 1.165) is 60.8 Å². The number of nitrogens with two attached hydrogens (primary N) is 2. The Kier molecular flexibility index (Phi) is 5.53. The molecule has 6 N–H and O–H groups in total. The van der Waals surface area contributed by atoms with Crippen LogP contribution in [0.25, 0.3) is 11.1 Å². The number of carbonyl (C=O) groups excluding carboxylic acids is 2. The molecule has 2 fully saturated rings. The molecule has 33 heavy (non-hydrogen) atoms. The van der Waals surface area contributed by atoms with Gasteiger partial charge in [-0.05, 0) is 47.9 Å². The molecular weight excluding hydrogens is 412 g/mol. The van der Waals surface area contributed by atoms with Gasteiger partial charge in [0.05, 0.1) is 16.2 Å². The molecule has 0 unspecified atom stereocenters. The molecule has 0 saturated heterocycles. The molecule has 6 heteroatoms. The second-order valence-corrected chi connectivity index (χ2v) is 10.1. The fraction of sp³-hybridized carbons (Fsp3) is 0.481. The third-order valence-corrected chi connectivity index (χ3v) is 8.93. The molecule has 0 spiro atoms. The minimum atomic E-state index is -0.846. The summed E-state index contributed by atoms with van der Waals surface area (Å²) in [5.74, 6) is 11.5. The predicted octanol–water partition coefficient (Wildman–Crippen LogP) is 3.83. The lowest BCUT2D eigenvalue weighted by Gasteiger charge is -2.60. The minimum absolute atomic E-state index is 0.163. The molecule has 3 aliphatic carbocycles. The summed E-state index contributed by atoms with van der Waals surface area (Å²) in [4.78, 5) is 28.0. The van der Waals surface area contributed by atoms with E-state index in [1.165, 1.54) is 0 Å². The van der Waals surface area contributed by atoms with E-state index in [1.807, 2.05) is 24.3 Å². The van der Waals surface area contributed by atoms with Gasteiger partial charge in [-0.2, -0.15) is 0 Å². The number of hydrazine groups is 2. The second-order valence-electron chi connectivity index (χ2n) is 10.1. The number of amides is 2. The first-order valence-corrected chi connectivity index (χ1v) is 12.3. The number of nitrogens with one attached hydrogen (secondary N) is 2. The van der Waals surface area contributed by atoms with Gasteiger partial charge in [-0.15, -0.1) is 0 Å². The van der Waals surface area contributed by atoms with E-state index in [4.69, 9.17) is 11.7 Å². The van der Waals surface area contributed by atoms with Crippen LogP contribution < -0.4 is 22.5 Å². The quantitative estimate of drug-likeness (QED) is 0.325. The Hall–Kier alpha value is -2.70. The Labute approximate surface area is 195 Å². The smallest absolute Gasteiger partial charge is 0.241 e. The lowest BCUT2D eigenvalue weighted by Crippen LogP contribution is -2.68. The van der Waals surface area contributed by atoms with E-state index in [9.17, 15) is 9.59 Å². The first-order valence-electron chi connectivity index (χ1n) is 12.3. The van der Waals surface area contributed by atoms with Crippen molar-refractivity contribution in [3.63, 3.8) is 0 Å². The van der Waals surface area contributed by atoms with Gasteiger partial charge in [-0.25, -0.2) is 11.7 Å². The molecule has 2 aromatic rings. The van der Waals surface area contributed by atoms with E-state index in [-0.39, 0.29) is 11.8 Å². The highest BCUT2D eigenvalue weighted by Crippen LogP contribution is 2.71. The summed E-state index contributed by atoms with van der Waals surface area (Å²) >= 11 is 0. The zero-order valence-electron chi connectivity index (χ0n) is 19.2. The van der Waals surface area contributed by atoms with Crippen molar-refractivity contribution in [3.05, 3.63) is 59.7 Å². The molecule has 2 aromatic carbocycles. The lowest BCUT2D eigenvalue weighted by molar-refractivity contribution is -0.154. The van der Waals surface area contributed by atoms with E-state index >= 15 is 0 Å². The number of benzene rings is 2. The van der Waals surface area contributed by atoms with E-state index in [0.29, 0.717) is 25.7 Å². The Bertz CT molecular complexity index is 982. The molecule has 0 aromatic heterocycles. The molecule has 5 rings (SSSR count). The average molecular weight is 447 g/mol. The number of hydrogen-bond acceptors (Lipinski definition) is 4. The highest BCUT2D eigenvalue weighted by molar-refractivity contribution is 5.96. The van der Waals surface area contributed by atoms with Crippen LogP contribution in [0.15, 0.2) is 48.5 Å². The van der Waals surface area contributed by atoms with Gasteiger partial charge in [-0.1, -0.05) is 87.1 Å². The van der Waals surface area contributed by atoms with E-state index < -0.39 is 16.2 Å². The summed E-state index contributed by atoms with van der Waals surface area (Å²) in [6, 6.07) is 16.7. The van der Waals surface area contributed by atoms with Gasteiger partial charge < -0.3 is 0 Å². The molecule has 6 nitrogen and oxygen atoms in total.